The summed E-state index contributed by atoms with van der Waals surface area (Å²) >= 11 is 0. The number of anilines is 2. The lowest BCUT2D eigenvalue weighted by atomic mass is 10.2. The molecule has 0 aliphatic rings. The molecule has 0 saturated heterocycles. The van der Waals surface area contributed by atoms with Gasteiger partial charge in [-0.1, -0.05) is 0 Å². The average Bonchev–Trinajstić information content (AvgIpc) is 2.65. The van der Waals surface area contributed by atoms with Crippen molar-refractivity contribution >= 4 is 17.4 Å². The van der Waals surface area contributed by atoms with Gasteiger partial charge in [-0.05, 0) is 24.3 Å². The number of carbonyl (C=O) groups excluding carboxylic acids is 1. The molecule has 134 valence electrons. The van der Waals surface area contributed by atoms with E-state index >= 15 is 0 Å². The van der Waals surface area contributed by atoms with E-state index in [1.165, 1.54) is 55.4 Å². The smallest absolute Gasteiger partial charge is 0.328 e. The van der Waals surface area contributed by atoms with Crippen LogP contribution in [0.4, 0.5) is 20.6 Å². The van der Waals surface area contributed by atoms with Crippen LogP contribution in [0.25, 0.3) is 0 Å². The largest absolute Gasteiger partial charge is 0.493 e. The van der Waals surface area contributed by atoms with Gasteiger partial charge in [-0.3, -0.25) is 9.80 Å². The van der Waals surface area contributed by atoms with E-state index < -0.39 is 0 Å². The molecule has 0 bridgehead atoms. The minimum Gasteiger partial charge on any atom is -0.493 e. The first-order valence-corrected chi connectivity index (χ1v) is 7.50. The second kappa shape index (κ2) is 7.74. The quantitative estimate of drug-likeness (QED) is 0.829. The van der Waals surface area contributed by atoms with Crippen molar-refractivity contribution in [3.8, 4) is 17.2 Å². The molecule has 0 aromatic heterocycles. The molecule has 0 atom stereocenters. The number of amides is 2. The van der Waals surface area contributed by atoms with Crippen LogP contribution in [0.3, 0.4) is 0 Å². The third kappa shape index (κ3) is 3.76. The van der Waals surface area contributed by atoms with E-state index in [1.807, 2.05) is 0 Å². The zero-order valence-corrected chi connectivity index (χ0v) is 14.9. The summed E-state index contributed by atoms with van der Waals surface area (Å²) in [5.74, 6) is 0.978. The lowest BCUT2D eigenvalue weighted by molar-refractivity contribution is 0.253. The Morgan fingerprint density at radius 1 is 0.840 bits per heavy atom. The number of rotatable bonds is 5. The molecule has 0 radical (unpaired) electrons. The molecule has 0 heterocycles. The molecule has 0 fully saturated rings. The highest BCUT2D eigenvalue weighted by atomic mass is 19.1. The van der Waals surface area contributed by atoms with E-state index in [-0.39, 0.29) is 11.8 Å². The van der Waals surface area contributed by atoms with Crippen LogP contribution < -0.4 is 24.0 Å². The van der Waals surface area contributed by atoms with Crippen LogP contribution >= 0.6 is 0 Å². The van der Waals surface area contributed by atoms with Gasteiger partial charge < -0.3 is 14.2 Å². The van der Waals surface area contributed by atoms with Crippen LogP contribution in [0.2, 0.25) is 0 Å². The predicted octanol–water partition coefficient (Wildman–Crippen LogP) is 3.54. The number of methoxy groups -OCH3 is 3. The van der Waals surface area contributed by atoms with Crippen molar-refractivity contribution in [2.24, 2.45) is 0 Å². The Kier molecular flexibility index (Phi) is 5.69. The number of hydrogen-bond donors (Lipinski definition) is 0. The molecule has 7 heteroatoms. The van der Waals surface area contributed by atoms with E-state index in [0.29, 0.717) is 28.6 Å². The molecule has 0 saturated carbocycles. The van der Waals surface area contributed by atoms with Crippen LogP contribution in [-0.2, 0) is 0 Å². The van der Waals surface area contributed by atoms with Gasteiger partial charge in [0.05, 0.1) is 27.0 Å². The van der Waals surface area contributed by atoms with Crippen molar-refractivity contribution in [1.82, 2.24) is 0 Å². The van der Waals surface area contributed by atoms with Crippen molar-refractivity contribution < 1.29 is 23.4 Å². The Hall–Kier alpha value is -2.96. The van der Waals surface area contributed by atoms with Gasteiger partial charge in [-0.2, -0.15) is 0 Å². The highest BCUT2D eigenvalue weighted by molar-refractivity contribution is 6.03. The van der Waals surface area contributed by atoms with Crippen LogP contribution in [0.15, 0.2) is 36.4 Å². The average molecular weight is 348 g/mol. The Bertz CT molecular complexity index is 724. The van der Waals surface area contributed by atoms with Crippen LogP contribution in [0, 0.1) is 5.82 Å². The van der Waals surface area contributed by atoms with Gasteiger partial charge in [-0.15, -0.1) is 0 Å². The number of nitrogens with zero attached hydrogens (tertiary/aromatic N) is 2. The molecule has 0 N–H and O–H groups in total. The van der Waals surface area contributed by atoms with E-state index in [9.17, 15) is 9.18 Å². The maximum absolute atomic E-state index is 13.1. The summed E-state index contributed by atoms with van der Waals surface area (Å²) in [5.41, 5.74) is 1.14. The van der Waals surface area contributed by atoms with E-state index in [2.05, 4.69) is 0 Å². The standard InChI is InChI=1S/C18H21FN2O4/c1-20(13-8-6-12(19)7-9-13)18(22)21(2)14-10-15(23-3)17(25-5)16(11-14)24-4/h6-11H,1-5H3. The fourth-order valence-electron chi connectivity index (χ4n) is 2.37. The summed E-state index contributed by atoms with van der Waals surface area (Å²) < 4.78 is 29.0. The van der Waals surface area contributed by atoms with Crippen LogP contribution in [0.1, 0.15) is 0 Å². The molecule has 2 aromatic rings. The molecule has 0 aliphatic heterocycles. The molecule has 6 nitrogen and oxygen atoms in total. The van der Waals surface area contributed by atoms with Gasteiger partial charge in [0.25, 0.3) is 0 Å². The monoisotopic (exact) mass is 348 g/mol. The van der Waals surface area contributed by atoms with E-state index in [1.54, 1.807) is 26.2 Å². The summed E-state index contributed by atoms with van der Waals surface area (Å²) in [7, 11) is 7.77. The minimum absolute atomic E-state index is 0.305. The Morgan fingerprint density at radius 2 is 1.32 bits per heavy atom. The van der Waals surface area contributed by atoms with Gasteiger partial charge >= 0.3 is 6.03 Å². The second-order valence-corrected chi connectivity index (χ2v) is 5.26. The van der Waals surface area contributed by atoms with Crippen molar-refractivity contribution in [2.75, 3.05) is 45.2 Å². The topological polar surface area (TPSA) is 51.2 Å². The number of carbonyl (C=O) groups is 1. The van der Waals surface area contributed by atoms with Gasteiger partial charge in [0.15, 0.2) is 11.5 Å². The fraction of sp³-hybridized carbons (Fsp3) is 0.278. The Labute approximate surface area is 146 Å². The zero-order valence-electron chi connectivity index (χ0n) is 14.9. The lowest BCUT2D eigenvalue weighted by Crippen LogP contribution is -2.38. The van der Waals surface area contributed by atoms with Gasteiger partial charge in [0, 0.05) is 31.9 Å². The van der Waals surface area contributed by atoms with Crippen molar-refractivity contribution in [3.63, 3.8) is 0 Å². The first-order valence-electron chi connectivity index (χ1n) is 7.50. The normalized spacial score (nSPS) is 10.2. The predicted molar refractivity (Wildman–Crippen MR) is 94.7 cm³/mol. The maximum atomic E-state index is 13.1. The summed E-state index contributed by atoms with van der Waals surface area (Å²) in [4.78, 5) is 15.6. The first-order chi connectivity index (χ1) is 11.9. The molecule has 0 unspecified atom stereocenters. The molecule has 0 aliphatic carbocycles. The molecule has 2 rings (SSSR count). The molecular weight excluding hydrogens is 327 g/mol. The van der Waals surface area contributed by atoms with Gasteiger partial charge in [0.2, 0.25) is 5.75 Å². The second-order valence-electron chi connectivity index (χ2n) is 5.26. The number of ether oxygens (including phenoxy) is 3. The molecule has 2 aromatic carbocycles. The Balaban J connectivity index is 2.34. The fourth-order valence-corrected chi connectivity index (χ4v) is 2.37. The molecule has 0 spiro atoms. The SMILES string of the molecule is COc1cc(N(C)C(=O)N(C)c2ccc(F)cc2)cc(OC)c1OC. The van der Waals surface area contributed by atoms with E-state index in [0.717, 1.165) is 0 Å². The van der Waals surface area contributed by atoms with Crippen molar-refractivity contribution in [1.29, 1.82) is 0 Å². The molecule has 2 amide bonds. The van der Waals surface area contributed by atoms with E-state index in [4.69, 9.17) is 14.2 Å². The van der Waals surface area contributed by atoms with Gasteiger partial charge in [-0.25, -0.2) is 9.18 Å². The number of benzene rings is 2. The zero-order chi connectivity index (χ0) is 18.6. The van der Waals surface area contributed by atoms with Crippen LogP contribution in [-0.4, -0.2) is 41.5 Å². The van der Waals surface area contributed by atoms with Gasteiger partial charge in [0.1, 0.15) is 5.82 Å². The number of halogens is 1. The summed E-state index contributed by atoms with van der Waals surface area (Å²) in [5, 5.41) is 0. The number of hydrogen-bond acceptors (Lipinski definition) is 4. The van der Waals surface area contributed by atoms with Crippen molar-refractivity contribution in [3.05, 3.63) is 42.2 Å². The van der Waals surface area contributed by atoms with Crippen molar-refractivity contribution in [2.45, 2.75) is 0 Å². The maximum Gasteiger partial charge on any atom is 0.328 e. The summed E-state index contributed by atoms with van der Waals surface area (Å²) in [6.07, 6.45) is 0. The third-order valence-corrected chi connectivity index (χ3v) is 3.82. The molecular formula is C18H21FN2O4. The first kappa shape index (κ1) is 18.4. The molecule has 25 heavy (non-hydrogen) atoms. The van der Waals surface area contributed by atoms with Crippen LogP contribution in [0.5, 0.6) is 17.2 Å². The minimum atomic E-state index is -0.359. The third-order valence-electron chi connectivity index (χ3n) is 3.82. The number of urea groups is 1. The summed E-state index contributed by atoms with van der Waals surface area (Å²) in [6.45, 7) is 0. The highest BCUT2D eigenvalue weighted by Gasteiger charge is 2.21. The lowest BCUT2D eigenvalue weighted by Gasteiger charge is -2.26. The summed E-state index contributed by atoms with van der Waals surface area (Å²) in [6, 6.07) is 8.74. The Morgan fingerprint density at radius 3 is 1.76 bits per heavy atom. The highest BCUT2D eigenvalue weighted by Crippen LogP contribution is 2.41.